The van der Waals surface area contributed by atoms with Crippen molar-refractivity contribution in [3.05, 3.63) is 35.9 Å². The molecule has 0 bridgehead atoms. The lowest BCUT2D eigenvalue weighted by atomic mass is 10.1. The molecule has 1 heterocycles. The van der Waals surface area contributed by atoms with E-state index in [1.54, 1.807) is 4.90 Å². The van der Waals surface area contributed by atoms with E-state index in [-0.39, 0.29) is 24.4 Å². The van der Waals surface area contributed by atoms with Crippen molar-refractivity contribution in [1.82, 2.24) is 10.2 Å². The molecule has 22 heavy (non-hydrogen) atoms. The molecule has 1 saturated carbocycles. The van der Waals surface area contributed by atoms with Crippen LogP contribution in [0.1, 0.15) is 50.0 Å². The van der Waals surface area contributed by atoms with Crippen LogP contribution in [0.15, 0.2) is 30.3 Å². The van der Waals surface area contributed by atoms with Gasteiger partial charge in [0.15, 0.2) is 0 Å². The van der Waals surface area contributed by atoms with E-state index in [9.17, 15) is 9.59 Å². The Morgan fingerprint density at radius 1 is 1.14 bits per heavy atom. The predicted molar refractivity (Wildman–Crippen MR) is 85.4 cm³/mol. The first-order valence-electron chi connectivity index (χ1n) is 8.36. The molecule has 1 aromatic rings. The van der Waals surface area contributed by atoms with Gasteiger partial charge in [0.05, 0.1) is 6.54 Å². The number of carbonyl (C=O) groups is 2. The molecule has 2 atom stereocenters. The molecule has 1 saturated heterocycles. The lowest BCUT2D eigenvalue weighted by molar-refractivity contribution is -0.136. The molecule has 2 fully saturated rings. The third-order valence-electron chi connectivity index (χ3n) is 4.62. The van der Waals surface area contributed by atoms with Crippen molar-refractivity contribution in [2.75, 3.05) is 13.1 Å². The van der Waals surface area contributed by atoms with Crippen molar-refractivity contribution in [3.63, 3.8) is 0 Å². The Hall–Kier alpha value is -1.84. The average Bonchev–Trinajstić information content (AvgIpc) is 3.27. The molecule has 2 aliphatic rings. The molecule has 1 aliphatic heterocycles. The summed E-state index contributed by atoms with van der Waals surface area (Å²) in [5.74, 6) is 0.552. The monoisotopic (exact) mass is 300 g/mol. The smallest absolute Gasteiger partial charge is 0.239 e. The van der Waals surface area contributed by atoms with Crippen LogP contribution in [0.3, 0.4) is 0 Å². The van der Waals surface area contributed by atoms with E-state index in [1.165, 1.54) is 5.56 Å². The molecule has 4 heteroatoms. The van der Waals surface area contributed by atoms with Crippen molar-refractivity contribution >= 4 is 11.8 Å². The molecule has 1 aliphatic carbocycles. The number of benzene rings is 1. The zero-order chi connectivity index (χ0) is 15.4. The first-order chi connectivity index (χ1) is 10.7. The van der Waals surface area contributed by atoms with E-state index >= 15 is 0 Å². The van der Waals surface area contributed by atoms with E-state index in [0.717, 1.165) is 38.6 Å². The molecule has 0 radical (unpaired) electrons. The summed E-state index contributed by atoms with van der Waals surface area (Å²) in [4.78, 5) is 25.9. The number of rotatable bonds is 4. The van der Waals surface area contributed by atoms with Gasteiger partial charge in [-0.3, -0.25) is 9.59 Å². The summed E-state index contributed by atoms with van der Waals surface area (Å²) < 4.78 is 0. The van der Waals surface area contributed by atoms with Gasteiger partial charge >= 0.3 is 0 Å². The molecule has 1 aromatic carbocycles. The van der Waals surface area contributed by atoms with Gasteiger partial charge in [-0.1, -0.05) is 43.2 Å². The summed E-state index contributed by atoms with van der Waals surface area (Å²) in [7, 11) is 0. The summed E-state index contributed by atoms with van der Waals surface area (Å²) in [6.45, 7) is 0.940. The van der Waals surface area contributed by atoms with Crippen LogP contribution in [0.2, 0.25) is 0 Å². The van der Waals surface area contributed by atoms with Gasteiger partial charge in [0, 0.05) is 24.9 Å². The Kier molecular flexibility index (Phi) is 4.76. The number of likely N-dealkylation sites (tertiary alicyclic amines) is 1. The second kappa shape index (κ2) is 6.95. The summed E-state index contributed by atoms with van der Waals surface area (Å²) >= 11 is 0. The van der Waals surface area contributed by atoms with Crippen LogP contribution in [0.5, 0.6) is 0 Å². The van der Waals surface area contributed by atoms with Gasteiger partial charge < -0.3 is 10.2 Å². The molecular formula is C18H24N2O2. The van der Waals surface area contributed by atoms with E-state index < -0.39 is 0 Å². The molecule has 0 unspecified atom stereocenters. The fourth-order valence-electron chi connectivity index (χ4n) is 3.23. The van der Waals surface area contributed by atoms with Crippen molar-refractivity contribution in [2.45, 2.75) is 50.5 Å². The van der Waals surface area contributed by atoms with Gasteiger partial charge in [0.1, 0.15) is 0 Å². The number of hydrogen-bond acceptors (Lipinski definition) is 2. The van der Waals surface area contributed by atoms with Gasteiger partial charge in [-0.05, 0) is 24.8 Å². The Morgan fingerprint density at radius 3 is 2.73 bits per heavy atom. The molecule has 4 nitrogen and oxygen atoms in total. The number of hydrogen-bond donors (Lipinski definition) is 1. The molecule has 2 amide bonds. The van der Waals surface area contributed by atoms with Gasteiger partial charge in [0.25, 0.3) is 0 Å². The number of nitrogens with zero attached hydrogens (tertiary/aromatic N) is 1. The fraction of sp³-hybridized carbons (Fsp3) is 0.556. The van der Waals surface area contributed by atoms with Crippen LogP contribution in [0, 0.1) is 0 Å². The van der Waals surface area contributed by atoms with Crippen molar-refractivity contribution in [2.24, 2.45) is 0 Å². The highest BCUT2D eigenvalue weighted by Crippen LogP contribution is 2.40. The summed E-state index contributed by atoms with van der Waals surface area (Å²) in [6.07, 6.45) is 5.84. The maximum atomic E-state index is 12.2. The predicted octanol–water partition coefficient (Wildman–Crippen LogP) is 2.45. The standard InChI is InChI=1S/C18H24N2O2/c21-17(13-20-11-7-2-1-6-10-18(20)22)19-16-12-15(16)14-8-4-3-5-9-14/h3-5,8-9,15-16H,1-2,6-7,10-13H2,(H,19,21)/t15-,16+/m1/s1. The third-order valence-corrected chi connectivity index (χ3v) is 4.62. The van der Waals surface area contributed by atoms with Crippen LogP contribution in [-0.2, 0) is 9.59 Å². The van der Waals surface area contributed by atoms with Crippen molar-refractivity contribution in [1.29, 1.82) is 0 Å². The first-order valence-corrected chi connectivity index (χ1v) is 8.36. The van der Waals surface area contributed by atoms with Gasteiger partial charge in [-0.15, -0.1) is 0 Å². The lowest BCUT2D eigenvalue weighted by Crippen LogP contribution is -2.42. The summed E-state index contributed by atoms with van der Waals surface area (Å²) in [5, 5.41) is 3.07. The molecule has 118 valence electrons. The van der Waals surface area contributed by atoms with Gasteiger partial charge in [0.2, 0.25) is 11.8 Å². The Morgan fingerprint density at radius 2 is 1.91 bits per heavy atom. The second-order valence-corrected chi connectivity index (χ2v) is 6.41. The number of nitrogens with one attached hydrogen (secondary N) is 1. The van der Waals surface area contributed by atoms with E-state index in [4.69, 9.17) is 0 Å². The lowest BCUT2D eigenvalue weighted by Gasteiger charge is -2.24. The zero-order valence-electron chi connectivity index (χ0n) is 13.0. The minimum absolute atomic E-state index is 0.0163. The SMILES string of the molecule is O=C(CN1CCCCCCC1=O)N[C@H]1C[C@@H]1c1ccccc1. The van der Waals surface area contributed by atoms with Crippen LogP contribution >= 0.6 is 0 Å². The maximum absolute atomic E-state index is 12.2. The third kappa shape index (κ3) is 3.87. The van der Waals surface area contributed by atoms with E-state index in [2.05, 4.69) is 17.4 Å². The van der Waals surface area contributed by atoms with Crippen LogP contribution in [-0.4, -0.2) is 35.8 Å². The highest BCUT2D eigenvalue weighted by molar-refractivity contribution is 5.85. The van der Waals surface area contributed by atoms with E-state index in [1.807, 2.05) is 18.2 Å². The van der Waals surface area contributed by atoms with E-state index in [0.29, 0.717) is 12.3 Å². The van der Waals surface area contributed by atoms with Crippen LogP contribution in [0.25, 0.3) is 0 Å². The highest BCUT2D eigenvalue weighted by atomic mass is 16.2. The Balaban J connectivity index is 1.47. The maximum Gasteiger partial charge on any atom is 0.239 e. The second-order valence-electron chi connectivity index (χ2n) is 6.41. The van der Waals surface area contributed by atoms with Gasteiger partial charge in [-0.25, -0.2) is 0 Å². The average molecular weight is 300 g/mol. The van der Waals surface area contributed by atoms with Crippen molar-refractivity contribution < 1.29 is 9.59 Å². The number of amides is 2. The topological polar surface area (TPSA) is 49.4 Å². The highest BCUT2D eigenvalue weighted by Gasteiger charge is 2.39. The zero-order valence-corrected chi connectivity index (χ0v) is 13.0. The summed E-state index contributed by atoms with van der Waals surface area (Å²) in [5.41, 5.74) is 1.29. The van der Waals surface area contributed by atoms with Crippen molar-refractivity contribution in [3.8, 4) is 0 Å². The first kappa shape index (κ1) is 15.1. The van der Waals surface area contributed by atoms with Crippen LogP contribution < -0.4 is 5.32 Å². The fourth-order valence-corrected chi connectivity index (χ4v) is 3.23. The number of carbonyl (C=O) groups excluding carboxylic acids is 2. The van der Waals surface area contributed by atoms with Crippen LogP contribution in [0.4, 0.5) is 0 Å². The largest absolute Gasteiger partial charge is 0.351 e. The Labute approximate surface area is 131 Å². The molecule has 0 spiro atoms. The summed E-state index contributed by atoms with van der Waals surface area (Å²) in [6, 6.07) is 10.5. The molecule has 0 aromatic heterocycles. The molecule has 3 rings (SSSR count). The quantitative estimate of drug-likeness (QED) is 0.928. The normalized spacial score (nSPS) is 25.3. The molecular weight excluding hydrogens is 276 g/mol. The Bertz CT molecular complexity index is 529. The minimum atomic E-state index is -0.0163. The van der Waals surface area contributed by atoms with Gasteiger partial charge in [-0.2, -0.15) is 0 Å². The molecule has 1 N–H and O–H groups in total. The minimum Gasteiger partial charge on any atom is -0.351 e.